The van der Waals surface area contributed by atoms with E-state index in [2.05, 4.69) is 26.6 Å². The number of anilines is 3. The predicted molar refractivity (Wildman–Crippen MR) is 92.2 cm³/mol. The normalized spacial score (nSPS) is 9.95. The number of hydrogen-bond donors (Lipinski definition) is 2. The van der Waals surface area contributed by atoms with Crippen LogP contribution in [-0.2, 0) is 9.59 Å². The molecule has 0 heterocycles. The van der Waals surface area contributed by atoms with E-state index < -0.39 is 11.8 Å². The Hall–Kier alpha value is -2.34. The largest absolute Gasteiger partial charge is 0.378 e. The van der Waals surface area contributed by atoms with Crippen LogP contribution >= 0.6 is 15.9 Å². The maximum Gasteiger partial charge on any atom is 0.314 e. The van der Waals surface area contributed by atoms with Gasteiger partial charge < -0.3 is 15.5 Å². The quantitative estimate of drug-likeness (QED) is 0.825. The second-order valence-corrected chi connectivity index (χ2v) is 5.69. The molecule has 2 N–H and O–H groups in total. The Morgan fingerprint density at radius 1 is 0.955 bits per heavy atom. The van der Waals surface area contributed by atoms with Crippen LogP contribution in [-0.4, -0.2) is 25.9 Å². The summed E-state index contributed by atoms with van der Waals surface area (Å²) in [4.78, 5) is 25.8. The van der Waals surface area contributed by atoms with Gasteiger partial charge in [-0.25, -0.2) is 0 Å². The van der Waals surface area contributed by atoms with Crippen molar-refractivity contribution >= 4 is 44.8 Å². The number of rotatable bonds is 3. The zero-order valence-electron chi connectivity index (χ0n) is 12.3. The Balaban J connectivity index is 2.04. The number of carbonyl (C=O) groups is 2. The van der Waals surface area contributed by atoms with Crippen molar-refractivity contribution in [1.82, 2.24) is 0 Å². The SMILES string of the molecule is CN(C)c1cccc(NC(=O)C(=O)Nc2ccccc2Br)c1. The summed E-state index contributed by atoms with van der Waals surface area (Å²) in [5, 5.41) is 5.14. The molecule has 0 fully saturated rings. The Kier molecular flexibility index (Phi) is 5.16. The van der Waals surface area contributed by atoms with Crippen molar-refractivity contribution < 1.29 is 9.59 Å². The van der Waals surface area contributed by atoms with Gasteiger partial charge in [-0.05, 0) is 46.3 Å². The van der Waals surface area contributed by atoms with Crippen LogP contribution < -0.4 is 15.5 Å². The second kappa shape index (κ2) is 7.09. The summed E-state index contributed by atoms with van der Waals surface area (Å²) in [5.41, 5.74) is 2.05. The molecule has 0 aliphatic heterocycles. The molecule has 0 atom stereocenters. The fourth-order valence-corrected chi connectivity index (χ4v) is 2.18. The monoisotopic (exact) mass is 361 g/mol. The molecule has 0 bridgehead atoms. The van der Waals surface area contributed by atoms with Crippen LogP contribution in [0.5, 0.6) is 0 Å². The number of benzene rings is 2. The first-order chi connectivity index (χ1) is 10.5. The summed E-state index contributed by atoms with van der Waals surface area (Å²) in [6, 6.07) is 14.4. The van der Waals surface area contributed by atoms with Crippen LogP contribution in [0.2, 0.25) is 0 Å². The van der Waals surface area contributed by atoms with Gasteiger partial charge in [-0.2, -0.15) is 0 Å². The zero-order chi connectivity index (χ0) is 16.1. The number of hydrogen-bond acceptors (Lipinski definition) is 3. The molecule has 0 aliphatic carbocycles. The molecule has 2 amide bonds. The number of halogens is 1. The minimum atomic E-state index is -0.720. The second-order valence-electron chi connectivity index (χ2n) is 4.83. The molecule has 0 saturated carbocycles. The smallest absolute Gasteiger partial charge is 0.314 e. The lowest BCUT2D eigenvalue weighted by atomic mass is 10.2. The predicted octanol–water partition coefficient (Wildman–Crippen LogP) is 3.09. The van der Waals surface area contributed by atoms with E-state index in [9.17, 15) is 9.59 Å². The van der Waals surface area contributed by atoms with E-state index in [1.165, 1.54) is 0 Å². The Labute approximate surface area is 137 Å². The summed E-state index contributed by atoms with van der Waals surface area (Å²) in [7, 11) is 3.81. The third-order valence-electron chi connectivity index (χ3n) is 2.95. The number of nitrogens with zero attached hydrogens (tertiary/aromatic N) is 1. The van der Waals surface area contributed by atoms with Crippen LogP contribution in [0, 0.1) is 0 Å². The first-order valence-electron chi connectivity index (χ1n) is 6.61. The van der Waals surface area contributed by atoms with Gasteiger partial charge >= 0.3 is 11.8 Å². The topological polar surface area (TPSA) is 61.4 Å². The highest BCUT2D eigenvalue weighted by Gasteiger charge is 2.15. The van der Waals surface area contributed by atoms with Crippen molar-refractivity contribution in [2.75, 3.05) is 29.6 Å². The first-order valence-corrected chi connectivity index (χ1v) is 7.41. The molecule has 6 heteroatoms. The minimum Gasteiger partial charge on any atom is -0.378 e. The van der Waals surface area contributed by atoms with Crippen LogP contribution in [0.1, 0.15) is 0 Å². The van der Waals surface area contributed by atoms with Gasteiger partial charge in [0.2, 0.25) is 0 Å². The summed E-state index contributed by atoms with van der Waals surface area (Å²) < 4.78 is 0.714. The van der Waals surface area contributed by atoms with Crippen LogP contribution in [0.25, 0.3) is 0 Å². The zero-order valence-corrected chi connectivity index (χ0v) is 13.8. The van der Waals surface area contributed by atoms with Crippen molar-refractivity contribution in [1.29, 1.82) is 0 Å². The standard InChI is InChI=1S/C16H16BrN3O2/c1-20(2)12-7-5-6-11(10-12)18-15(21)16(22)19-14-9-4-3-8-13(14)17/h3-10H,1-2H3,(H,18,21)(H,19,22). The van der Waals surface area contributed by atoms with Gasteiger partial charge in [0.1, 0.15) is 0 Å². The highest BCUT2D eigenvalue weighted by Crippen LogP contribution is 2.21. The van der Waals surface area contributed by atoms with Crippen molar-refractivity contribution in [3.63, 3.8) is 0 Å². The molecule has 0 aliphatic rings. The lowest BCUT2D eigenvalue weighted by Gasteiger charge is -2.14. The van der Waals surface area contributed by atoms with Crippen molar-refractivity contribution in [2.45, 2.75) is 0 Å². The minimum absolute atomic E-state index is 0.546. The third kappa shape index (κ3) is 4.08. The Morgan fingerprint density at radius 2 is 1.64 bits per heavy atom. The summed E-state index contributed by atoms with van der Waals surface area (Å²) >= 11 is 3.31. The van der Waals surface area contributed by atoms with Crippen molar-refractivity contribution in [3.05, 3.63) is 53.0 Å². The van der Waals surface area contributed by atoms with Gasteiger partial charge in [-0.15, -0.1) is 0 Å². The van der Waals surface area contributed by atoms with Crippen LogP contribution in [0.4, 0.5) is 17.1 Å². The average Bonchev–Trinajstić information content (AvgIpc) is 2.49. The molecule has 22 heavy (non-hydrogen) atoms. The molecular formula is C16H16BrN3O2. The third-order valence-corrected chi connectivity index (χ3v) is 3.64. The van der Waals surface area contributed by atoms with Gasteiger partial charge in [0.15, 0.2) is 0 Å². The molecule has 0 spiro atoms. The van der Waals surface area contributed by atoms with E-state index >= 15 is 0 Å². The maximum absolute atomic E-state index is 12.0. The van der Waals surface area contributed by atoms with E-state index in [-0.39, 0.29) is 0 Å². The van der Waals surface area contributed by atoms with E-state index in [1.54, 1.807) is 30.3 Å². The van der Waals surface area contributed by atoms with Crippen molar-refractivity contribution in [2.24, 2.45) is 0 Å². The van der Waals surface area contributed by atoms with Gasteiger partial charge in [0.25, 0.3) is 0 Å². The van der Waals surface area contributed by atoms with Gasteiger partial charge in [0, 0.05) is 29.9 Å². The average molecular weight is 362 g/mol. The molecule has 0 unspecified atom stereocenters. The molecule has 0 aromatic heterocycles. The first kappa shape index (κ1) is 16.0. The molecule has 0 radical (unpaired) electrons. The molecule has 2 rings (SSSR count). The lowest BCUT2D eigenvalue weighted by Crippen LogP contribution is -2.29. The number of para-hydroxylation sites is 1. The van der Waals surface area contributed by atoms with Gasteiger partial charge in [-0.3, -0.25) is 9.59 Å². The number of nitrogens with one attached hydrogen (secondary N) is 2. The summed E-state index contributed by atoms with van der Waals surface area (Å²) in [5.74, 6) is -1.44. The highest BCUT2D eigenvalue weighted by atomic mass is 79.9. The van der Waals surface area contributed by atoms with E-state index in [4.69, 9.17) is 0 Å². The van der Waals surface area contributed by atoms with Crippen LogP contribution in [0.3, 0.4) is 0 Å². The Bertz CT molecular complexity index is 701. The fraction of sp³-hybridized carbons (Fsp3) is 0.125. The maximum atomic E-state index is 12.0. The van der Waals surface area contributed by atoms with E-state index in [0.717, 1.165) is 5.69 Å². The summed E-state index contributed by atoms with van der Waals surface area (Å²) in [6.45, 7) is 0. The van der Waals surface area contributed by atoms with Gasteiger partial charge in [-0.1, -0.05) is 18.2 Å². The molecular weight excluding hydrogens is 346 g/mol. The highest BCUT2D eigenvalue weighted by molar-refractivity contribution is 9.10. The fourth-order valence-electron chi connectivity index (χ4n) is 1.79. The van der Waals surface area contributed by atoms with Crippen LogP contribution in [0.15, 0.2) is 53.0 Å². The lowest BCUT2D eigenvalue weighted by molar-refractivity contribution is -0.133. The Morgan fingerprint density at radius 3 is 2.32 bits per heavy atom. The number of carbonyl (C=O) groups excluding carboxylic acids is 2. The molecule has 114 valence electrons. The summed E-state index contributed by atoms with van der Waals surface area (Å²) in [6.07, 6.45) is 0. The van der Waals surface area contributed by atoms with E-state index in [1.807, 2.05) is 37.2 Å². The van der Waals surface area contributed by atoms with Crippen molar-refractivity contribution in [3.8, 4) is 0 Å². The molecule has 2 aromatic carbocycles. The molecule has 5 nitrogen and oxygen atoms in total. The molecule has 2 aromatic rings. The number of amides is 2. The van der Waals surface area contributed by atoms with Gasteiger partial charge in [0.05, 0.1) is 5.69 Å². The van der Waals surface area contributed by atoms with E-state index in [0.29, 0.717) is 15.8 Å². The molecule has 0 saturated heterocycles.